The minimum absolute atomic E-state index is 0.166. The first-order valence-corrected chi connectivity index (χ1v) is 8.85. The number of esters is 1. The first kappa shape index (κ1) is 19.0. The molecule has 0 radical (unpaired) electrons. The zero-order chi connectivity index (χ0) is 18.2. The van der Waals surface area contributed by atoms with Gasteiger partial charge in [0.1, 0.15) is 6.54 Å². The number of carbonyl (C=O) groups excluding carboxylic acids is 4. The van der Waals surface area contributed by atoms with Crippen molar-refractivity contribution in [1.82, 2.24) is 10.2 Å². The van der Waals surface area contributed by atoms with Gasteiger partial charge in [-0.3, -0.25) is 19.2 Å². The van der Waals surface area contributed by atoms with Crippen molar-refractivity contribution in [3.8, 4) is 0 Å². The summed E-state index contributed by atoms with van der Waals surface area (Å²) in [6, 6.07) is 8.64. The first-order chi connectivity index (χ1) is 12.0. The van der Waals surface area contributed by atoms with E-state index < -0.39 is 24.5 Å². The molecule has 0 bridgehead atoms. The summed E-state index contributed by atoms with van der Waals surface area (Å²) in [5.41, 5.74) is 0.921. The van der Waals surface area contributed by atoms with Gasteiger partial charge in [-0.05, 0) is 18.9 Å². The Morgan fingerprint density at radius 1 is 1.28 bits per heavy atom. The van der Waals surface area contributed by atoms with Crippen LogP contribution < -0.4 is 5.32 Å². The van der Waals surface area contributed by atoms with Gasteiger partial charge in [-0.1, -0.05) is 42.1 Å². The second kappa shape index (κ2) is 9.22. The maximum Gasteiger partial charge on any atom is 0.326 e. The lowest BCUT2D eigenvalue weighted by atomic mass is 10.0. The molecular formula is C17H20N2O5S. The Morgan fingerprint density at radius 3 is 2.60 bits per heavy atom. The Balaban J connectivity index is 1.77. The SMILES string of the molecule is CC(=O)[C@H](Cc1ccccc1)NC(=O)COC(=O)CN1CCSC1=O. The lowest BCUT2D eigenvalue weighted by Gasteiger charge is -2.17. The second-order valence-corrected chi connectivity index (χ2v) is 6.66. The molecule has 134 valence electrons. The molecule has 2 rings (SSSR count). The van der Waals surface area contributed by atoms with Crippen LogP contribution in [0.5, 0.6) is 0 Å². The predicted molar refractivity (Wildman–Crippen MR) is 93.1 cm³/mol. The normalized spacial score (nSPS) is 14.9. The summed E-state index contributed by atoms with van der Waals surface area (Å²) in [5.74, 6) is -0.727. The maximum atomic E-state index is 11.9. The van der Waals surface area contributed by atoms with E-state index in [1.165, 1.54) is 11.8 Å². The highest BCUT2D eigenvalue weighted by Crippen LogP contribution is 2.16. The van der Waals surface area contributed by atoms with Crippen LogP contribution in [0, 0.1) is 0 Å². The topological polar surface area (TPSA) is 92.8 Å². The van der Waals surface area contributed by atoms with E-state index >= 15 is 0 Å². The highest BCUT2D eigenvalue weighted by Gasteiger charge is 2.24. The van der Waals surface area contributed by atoms with Gasteiger partial charge in [-0.15, -0.1) is 0 Å². The number of rotatable bonds is 8. The Morgan fingerprint density at radius 2 is 2.00 bits per heavy atom. The molecule has 1 atom stereocenters. The molecule has 7 nitrogen and oxygen atoms in total. The molecule has 2 amide bonds. The molecule has 1 saturated heterocycles. The van der Waals surface area contributed by atoms with Crippen LogP contribution in [-0.4, -0.2) is 59.3 Å². The molecule has 8 heteroatoms. The van der Waals surface area contributed by atoms with Crippen LogP contribution in [0.4, 0.5) is 4.79 Å². The van der Waals surface area contributed by atoms with Gasteiger partial charge < -0.3 is 15.0 Å². The van der Waals surface area contributed by atoms with Crippen molar-refractivity contribution < 1.29 is 23.9 Å². The Labute approximate surface area is 150 Å². The molecule has 1 aliphatic heterocycles. The van der Waals surface area contributed by atoms with Crippen molar-refractivity contribution >= 4 is 34.7 Å². The molecule has 0 aliphatic carbocycles. The molecule has 0 unspecified atom stereocenters. The van der Waals surface area contributed by atoms with E-state index in [-0.39, 0.29) is 17.6 Å². The summed E-state index contributed by atoms with van der Waals surface area (Å²) in [4.78, 5) is 48.1. The summed E-state index contributed by atoms with van der Waals surface area (Å²) < 4.78 is 4.88. The van der Waals surface area contributed by atoms with Gasteiger partial charge in [0.25, 0.3) is 11.1 Å². The number of Topliss-reactive ketones (excluding diaryl/α,β-unsaturated/α-hetero) is 1. The van der Waals surface area contributed by atoms with Gasteiger partial charge in [-0.2, -0.15) is 0 Å². The van der Waals surface area contributed by atoms with E-state index in [2.05, 4.69) is 5.32 Å². The minimum Gasteiger partial charge on any atom is -0.454 e. The quantitative estimate of drug-likeness (QED) is 0.692. The summed E-state index contributed by atoms with van der Waals surface area (Å²) in [7, 11) is 0. The zero-order valence-corrected chi connectivity index (χ0v) is 14.7. The number of hydrogen-bond acceptors (Lipinski definition) is 6. The number of nitrogens with one attached hydrogen (secondary N) is 1. The van der Waals surface area contributed by atoms with Gasteiger partial charge in [-0.25, -0.2) is 0 Å². The third-order valence-electron chi connectivity index (χ3n) is 3.64. The number of amides is 2. The molecule has 1 heterocycles. The smallest absolute Gasteiger partial charge is 0.326 e. The molecule has 25 heavy (non-hydrogen) atoms. The molecule has 1 aliphatic rings. The lowest BCUT2D eigenvalue weighted by Crippen LogP contribution is -2.43. The standard InChI is InChI=1S/C17H20N2O5S/c1-12(20)14(9-13-5-3-2-4-6-13)18-15(21)11-24-16(22)10-19-7-8-25-17(19)23/h2-6,14H,7-11H2,1H3,(H,18,21)/t14-/m0/s1. The fraction of sp³-hybridized carbons (Fsp3) is 0.412. The van der Waals surface area contributed by atoms with Crippen molar-refractivity contribution in [2.45, 2.75) is 19.4 Å². The van der Waals surface area contributed by atoms with E-state index in [1.807, 2.05) is 30.3 Å². The van der Waals surface area contributed by atoms with Crippen LogP contribution in [0.1, 0.15) is 12.5 Å². The Bertz CT molecular complexity index is 650. The third kappa shape index (κ3) is 6.22. The third-order valence-corrected chi connectivity index (χ3v) is 4.53. The molecule has 1 aromatic rings. The van der Waals surface area contributed by atoms with Gasteiger partial charge in [0.15, 0.2) is 12.4 Å². The number of ether oxygens (including phenoxy) is 1. The molecular weight excluding hydrogens is 344 g/mol. The Kier molecular flexibility index (Phi) is 7.00. The van der Waals surface area contributed by atoms with Crippen LogP contribution in [-0.2, 0) is 25.5 Å². The van der Waals surface area contributed by atoms with Gasteiger partial charge in [0.05, 0.1) is 6.04 Å². The van der Waals surface area contributed by atoms with E-state index in [0.717, 1.165) is 17.3 Å². The van der Waals surface area contributed by atoms with Crippen molar-refractivity contribution in [3.05, 3.63) is 35.9 Å². The van der Waals surface area contributed by atoms with Crippen molar-refractivity contribution in [2.24, 2.45) is 0 Å². The lowest BCUT2D eigenvalue weighted by molar-refractivity contribution is -0.149. The van der Waals surface area contributed by atoms with Gasteiger partial charge in [0.2, 0.25) is 0 Å². The van der Waals surface area contributed by atoms with E-state index in [9.17, 15) is 19.2 Å². The number of benzene rings is 1. The largest absolute Gasteiger partial charge is 0.454 e. The molecule has 1 N–H and O–H groups in total. The molecule has 1 fully saturated rings. The van der Waals surface area contributed by atoms with E-state index in [4.69, 9.17) is 4.74 Å². The molecule has 0 saturated carbocycles. The highest BCUT2D eigenvalue weighted by molar-refractivity contribution is 8.13. The summed E-state index contributed by atoms with van der Waals surface area (Å²) in [6.07, 6.45) is 0.370. The Hall–Kier alpha value is -2.35. The van der Waals surface area contributed by atoms with Crippen LogP contribution in [0.25, 0.3) is 0 Å². The average molecular weight is 364 g/mol. The maximum absolute atomic E-state index is 11.9. The summed E-state index contributed by atoms with van der Waals surface area (Å²) in [5, 5.41) is 2.41. The monoisotopic (exact) mass is 364 g/mol. The summed E-state index contributed by atoms with van der Waals surface area (Å²) >= 11 is 1.15. The van der Waals surface area contributed by atoms with Gasteiger partial charge >= 0.3 is 5.97 Å². The molecule has 0 aromatic heterocycles. The predicted octanol–water partition coefficient (Wildman–Crippen LogP) is 1.01. The van der Waals surface area contributed by atoms with Crippen molar-refractivity contribution in [1.29, 1.82) is 0 Å². The minimum atomic E-state index is -0.676. The van der Waals surface area contributed by atoms with Crippen LogP contribution in [0.2, 0.25) is 0 Å². The number of nitrogens with zero attached hydrogens (tertiary/aromatic N) is 1. The second-order valence-electron chi connectivity index (χ2n) is 5.62. The fourth-order valence-corrected chi connectivity index (χ4v) is 3.12. The zero-order valence-electron chi connectivity index (χ0n) is 13.9. The first-order valence-electron chi connectivity index (χ1n) is 7.87. The number of hydrogen-bond donors (Lipinski definition) is 1. The average Bonchev–Trinajstić information content (AvgIpc) is 2.98. The van der Waals surface area contributed by atoms with Crippen LogP contribution >= 0.6 is 11.8 Å². The van der Waals surface area contributed by atoms with E-state index in [1.54, 1.807) is 0 Å². The molecule has 1 aromatic carbocycles. The number of carbonyl (C=O) groups is 4. The van der Waals surface area contributed by atoms with Crippen molar-refractivity contribution in [2.75, 3.05) is 25.4 Å². The fourth-order valence-electron chi connectivity index (χ4n) is 2.30. The number of thioether (sulfide) groups is 1. The van der Waals surface area contributed by atoms with E-state index in [0.29, 0.717) is 18.7 Å². The number of ketones is 1. The highest BCUT2D eigenvalue weighted by atomic mass is 32.2. The van der Waals surface area contributed by atoms with Crippen molar-refractivity contribution in [3.63, 3.8) is 0 Å². The van der Waals surface area contributed by atoms with Gasteiger partial charge in [0, 0.05) is 12.3 Å². The summed E-state index contributed by atoms with van der Waals surface area (Å²) in [6.45, 7) is 1.25. The van der Waals surface area contributed by atoms with Crippen LogP contribution in [0.15, 0.2) is 30.3 Å². The molecule has 0 spiro atoms. The van der Waals surface area contributed by atoms with Crippen LogP contribution in [0.3, 0.4) is 0 Å².